The lowest BCUT2D eigenvalue weighted by Gasteiger charge is -2.10. The van der Waals surface area contributed by atoms with Gasteiger partial charge >= 0.3 is 0 Å². The van der Waals surface area contributed by atoms with Crippen LogP contribution in [0.4, 0.5) is 10.1 Å². The molecule has 1 aliphatic rings. The highest BCUT2D eigenvalue weighted by atomic mass is 19.1. The summed E-state index contributed by atoms with van der Waals surface area (Å²) in [5.74, 6) is 0.796. The van der Waals surface area contributed by atoms with Gasteiger partial charge in [-0.1, -0.05) is 36.4 Å². The Morgan fingerprint density at radius 1 is 0.917 bits per heavy atom. The maximum Gasteiger partial charge on any atom is 0.153 e. The first-order valence-electron chi connectivity index (χ1n) is 7.46. The third-order valence-electron chi connectivity index (χ3n) is 3.83. The number of hydrogen-bond donors (Lipinski definition) is 0. The van der Waals surface area contributed by atoms with Crippen LogP contribution in [0.1, 0.15) is 21.5 Å². The molecule has 116 valence electrons. The summed E-state index contributed by atoms with van der Waals surface area (Å²) in [6, 6.07) is 18.8. The lowest BCUT2D eigenvalue weighted by atomic mass is 10.00. The Morgan fingerprint density at radius 3 is 2.50 bits per heavy atom. The van der Waals surface area contributed by atoms with E-state index in [2.05, 4.69) is 4.99 Å². The molecule has 0 fully saturated rings. The molecule has 0 atom stereocenters. The number of rotatable bonds is 2. The number of aliphatic imine (C=N–C) groups is 1. The third-order valence-corrected chi connectivity index (χ3v) is 3.83. The van der Waals surface area contributed by atoms with Gasteiger partial charge in [0, 0.05) is 16.7 Å². The number of para-hydroxylation sites is 2. The predicted octanol–water partition coefficient (Wildman–Crippen LogP) is 4.91. The first-order valence-corrected chi connectivity index (χ1v) is 7.46. The van der Waals surface area contributed by atoms with Crippen molar-refractivity contribution in [1.82, 2.24) is 0 Å². The van der Waals surface area contributed by atoms with E-state index in [1.165, 1.54) is 12.1 Å². The van der Waals surface area contributed by atoms with Gasteiger partial charge in [-0.05, 0) is 30.3 Å². The van der Waals surface area contributed by atoms with Gasteiger partial charge in [-0.25, -0.2) is 9.38 Å². The summed E-state index contributed by atoms with van der Waals surface area (Å²) in [6.07, 6.45) is 0.782. The molecule has 3 aromatic carbocycles. The van der Waals surface area contributed by atoms with E-state index in [4.69, 9.17) is 4.74 Å². The second-order valence-corrected chi connectivity index (χ2v) is 5.41. The largest absolute Gasteiger partial charge is 0.454 e. The molecule has 24 heavy (non-hydrogen) atoms. The van der Waals surface area contributed by atoms with Crippen LogP contribution in [0.3, 0.4) is 0 Å². The van der Waals surface area contributed by atoms with Crippen LogP contribution >= 0.6 is 0 Å². The highest BCUT2D eigenvalue weighted by molar-refractivity contribution is 6.16. The Balaban J connectivity index is 1.96. The molecular weight excluding hydrogens is 305 g/mol. The van der Waals surface area contributed by atoms with E-state index in [0.29, 0.717) is 34.0 Å². The Labute approximate surface area is 138 Å². The molecule has 4 heteroatoms. The van der Waals surface area contributed by atoms with Gasteiger partial charge in [0.1, 0.15) is 23.5 Å². The second-order valence-electron chi connectivity index (χ2n) is 5.41. The lowest BCUT2D eigenvalue weighted by molar-refractivity contribution is 0.112. The molecule has 0 aromatic heterocycles. The Bertz CT molecular complexity index is 962. The summed E-state index contributed by atoms with van der Waals surface area (Å²) in [4.78, 5) is 15.5. The molecule has 4 rings (SSSR count). The van der Waals surface area contributed by atoms with Crippen LogP contribution in [0.2, 0.25) is 0 Å². The van der Waals surface area contributed by atoms with Crippen molar-refractivity contribution in [2.24, 2.45) is 4.99 Å². The highest BCUT2D eigenvalue weighted by Gasteiger charge is 2.20. The number of hydrogen-bond acceptors (Lipinski definition) is 3. The Hall–Kier alpha value is -3.27. The SMILES string of the molecule is O=Cc1ccc(C2=Nc3ccccc3Oc3ccc(F)cc32)cc1. The predicted molar refractivity (Wildman–Crippen MR) is 90.0 cm³/mol. The average Bonchev–Trinajstić information content (AvgIpc) is 2.78. The van der Waals surface area contributed by atoms with Gasteiger partial charge in [-0.15, -0.1) is 0 Å². The summed E-state index contributed by atoms with van der Waals surface area (Å²) in [6.45, 7) is 0. The number of ether oxygens (including phenoxy) is 1. The van der Waals surface area contributed by atoms with E-state index >= 15 is 0 Å². The van der Waals surface area contributed by atoms with Crippen LogP contribution in [0.25, 0.3) is 0 Å². The standard InChI is InChI=1S/C20H12FNO2/c21-15-9-10-18-16(11-15)20(14-7-5-13(12-23)6-8-14)22-17-3-1-2-4-19(17)24-18/h1-12H. The van der Waals surface area contributed by atoms with Crippen molar-refractivity contribution in [2.45, 2.75) is 0 Å². The van der Waals surface area contributed by atoms with Gasteiger partial charge in [0.2, 0.25) is 0 Å². The number of halogens is 1. The Kier molecular flexibility index (Phi) is 3.43. The maximum atomic E-state index is 13.8. The number of fused-ring (bicyclic) bond motifs is 2. The van der Waals surface area contributed by atoms with E-state index < -0.39 is 0 Å². The van der Waals surface area contributed by atoms with Crippen molar-refractivity contribution in [3.63, 3.8) is 0 Å². The van der Waals surface area contributed by atoms with Crippen molar-refractivity contribution in [2.75, 3.05) is 0 Å². The van der Waals surface area contributed by atoms with Gasteiger partial charge in [0.25, 0.3) is 0 Å². The average molecular weight is 317 g/mol. The molecular formula is C20H12FNO2. The summed E-state index contributed by atoms with van der Waals surface area (Å²) >= 11 is 0. The molecule has 0 amide bonds. The Morgan fingerprint density at radius 2 is 1.71 bits per heavy atom. The van der Waals surface area contributed by atoms with Gasteiger partial charge in [-0.2, -0.15) is 0 Å². The number of nitrogens with zero attached hydrogens (tertiary/aromatic N) is 1. The zero-order valence-electron chi connectivity index (χ0n) is 12.6. The molecule has 0 saturated heterocycles. The van der Waals surface area contributed by atoms with Crippen molar-refractivity contribution < 1.29 is 13.9 Å². The summed E-state index contributed by atoms with van der Waals surface area (Å²) in [5, 5.41) is 0. The van der Waals surface area contributed by atoms with Crippen LogP contribution in [0.15, 0.2) is 71.7 Å². The fraction of sp³-hybridized carbons (Fsp3) is 0. The van der Waals surface area contributed by atoms with Crippen molar-refractivity contribution >= 4 is 17.7 Å². The zero-order chi connectivity index (χ0) is 16.5. The molecule has 0 N–H and O–H groups in total. The first-order chi connectivity index (χ1) is 11.7. The van der Waals surface area contributed by atoms with Gasteiger partial charge in [0.15, 0.2) is 5.75 Å². The summed E-state index contributed by atoms with van der Waals surface area (Å²) in [7, 11) is 0. The fourth-order valence-corrected chi connectivity index (χ4v) is 2.65. The first kappa shape index (κ1) is 14.3. The monoisotopic (exact) mass is 317 g/mol. The van der Waals surface area contributed by atoms with Gasteiger partial charge in [0.05, 0.1) is 5.71 Å². The molecule has 3 aromatic rings. The summed E-state index contributed by atoms with van der Waals surface area (Å²) in [5.41, 5.74) is 3.21. The minimum absolute atomic E-state index is 0.361. The van der Waals surface area contributed by atoms with Crippen LogP contribution in [0, 0.1) is 5.82 Å². The van der Waals surface area contributed by atoms with Crippen LogP contribution in [-0.2, 0) is 0 Å². The van der Waals surface area contributed by atoms with E-state index in [1.54, 1.807) is 30.3 Å². The number of benzene rings is 3. The van der Waals surface area contributed by atoms with Crippen LogP contribution < -0.4 is 4.74 Å². The molecule has 0 unspecified atom stereocenters. The number of aldehydes is 1. The van der Waals surface area contributed by atoms with E-state index in [9.17, 15) is 9.18 Å². The molecule has 1 heterocycles. The van der Waals surface area contributed by atoms with E-state index in [-0.39, 0.29) is 5.82 Å². The highest BCUT2D eigenvalue weighted by Crippen LogP contribution is 2.38. The van der Waals surface area contributed by atoms with Crippen molar-refractivity contribution in [3.05, 3.63) is 89.2 Å². The number of carbonyl (C=O) groups is 1. The minimum Gasteiger partial charge on any atom is -0.454 e. The van der Waals surface area contributed by atoms with Crippen molar-refractivity contribution in [1.29, 1.82) is 0 Å². The zero-order valence-corrected chi connectivity index (χ0v) is 12.6. The van der Waals surface area contributed by atoms with Crippen LogP contribution in [0.5, 0.6) is 11.5 Å². The second kappa shape index (κ2) is 5.74. The fourth-order valence-electron chi connectivity index (χ4n) is 2.65. The smallest absolute Gasteiger partial charge is 0.153 e. The van der Waals surface area contributed by atoms with Crippen LogP contribution in [-0.4, -0.2) is 12.0 Å². The minimum atomic E-state index is -0.361. The van der Waals surface area contributed by atoms with Gasteiger partial charge in [-0.3, -0.25) is 4.79 Å². The lowest BCUT2D eigenvalue weighted by Crippen LogP contribution is -2.04. The van der Waals surface area contributed by atoms with Gasteiger partial charge < -0.3 is 4.74 Å². The van der Waals surface area contributed by atoms with Crippen molar-refractivity contribution in [3.8, 4) is 11.5 Å². The summed E-state index contributed by atoms with van der Waals surface area (Å²) < 4.78 is 19.7. The molecule has 1 aliphatic heterocycles. The topological polar surface area (TPSA) is 38.7 Å². The molecule has 0 aliphatic carbocycles. The normalized spacial score (nSPS) is 12.3. The van der Waals surface area contributed by atoms with E-state index in [1.807, 2.05) is 24.3 Å². The van der Waals surface area contributed by atoms with E-state index in [0.717, 1.165) is 11.8 Å². The maximum absolute atomic E-state index is 13.8. The molecule has 0 spiro atoms. The quantitative estimate of drug-likeness (QED) is 0.493. The molecule has 0 radical (unpaired) electrons. The molecule has 0 bridgehead atoms. The number of carbonyl (C=O) groups excluding carboxylic acids is 1. The molecule has 0 saturated carbocycles. The third kappa shape index (κ3) is 2.48. The molecule has 3 nitrogen and oxygen atoms in total.